The zero-order valence-electron chi connectivity index (χ0n) is 13.6. The van der Waals surface area contributed by atoms with Gasteiger partial charge < -0.3 is 15.4 Å². The lowest BCUT2D eigenvalue weighted by molar-refractivity contribution is -0.117. The van der Waals surface area contributed by atoms with Gasteiger partial charge in [0.25, 0.3) is 0 Å². The Morgan fingerprint density at radius 1 is 1.35 bits per heavy atom. The van der Waals surface area contributed by atoms with E-state index in [0.29, 0.717) is 12.5 Å². The van der Waals surface area contributed by atoms with Crippen LogP contribution in [0.1, 0.15) is 32.4 Å². The maximum Gasteiger partial charge on any atom is 0.407 e. The largest absolute Gasteiger partial charge is 0.444 e. The van der Waals surface area contributed by atoms with E-state index in [9.17, 15) is 9.59 Å². The SMILES string of the molecule is CC(C)(C)OC(=O)NC[C@@H](NC1=NCC(=O)N1)c1ccccc1. The summed E-state index contributed by atoms with van der Waals surface area (Å²) in [6.45, 7) is 5.84. The Bertz CT molecular complexity index is 593. The van der Waals surface area contributed by atoms with Gasteiger partial charge in [-0.15, -0.1) is 0 Å². The number of carbonyl (C=O) groups is 2. The molecule has 1 heterocycles. The molecular formula is C16H22N4O3. The molecule has 0 saturated carbocycles. The number of aliphatic imine (C=N–C) groups is 1. The van der Waals surface area contributed by atoms with Crippen molar-refractivity contribution in [1.82, 2.24) is 16.0 Å². The number of alkyl carbamates (subject to hydrolysis) is 1. The Labute approximate surface area is 135 Å². The van der Waals surface area contributed by atoms with Crippen molar-refractivity contribution in [3.8, 4) is 0 Å². The summed E-state index contributed by atoms with van der Waals surface area (Å²) in [5.41, 5.74) is 0.413. The van der Waals surface area contributed by atoms with E-state index in [0.717, 1.165) is 5.56 Å². The van der Waals surface area contributed by atoms with Crippen molar-refractivity contribution in [3.05, 3.63) is 35.9 Å². The number of carbonyl (C=O) groups excluding carboxylic acids is 2. The molecule has 1 aliphatic rings. The maximum atomic E-state index is 11.8. The molecule has 7 nitrogen and oxygen atoms in total. The molecule has 0 fully saturated rings. The van der Waals surface area contributed by atoms with Gasteiger partial charge in [0.2, 0.25) is 5.91 Å². The zero-order chi connectivity index (χ0) is 16.9. The van der Waals surface area contributed by atoms with Crippen molar-refractivity contribution >= 4 is 18.0 Å². The monoisotopic (exact) mass is 318 g/mol. The van der Waals surface area contributed by atoms with Crippen molar-refractivity contribution in [2.24, 2.45) is 4.99 Å². The fourth-order valence-corrected chi connectivity index (χ4v) is 2.05. The average molecular weight is 318 g/mol. The van der Waals surface area contributed by atoms with E-state index >= 15 is 0 Å². The van der Waals surface area contributed by atoms with Crippen molar-refractivity contribution < 1.29 is 14.3 Å². The molecule has 1 aliphatic heterocycles. The minimum Gasteiger partial charge on any atom is -0.444 e. The predicted octanol–water partition coefficient (Wildman–Crippen LogP) is 1.33. The molecular weight excluding hydrogens is 296 g/mol. The minimum atomic E-state index is -0.552. The Morgan fingerprint density at radius 2 is 2.04 bits per heavy atom. The van der Waals surface area contributed by atoms with Crippen LogP contribution in [0.2, 0.25) is 0 Å². The lowest BCUT2D eigenvalue weighted by Crippen LogP contribution is -2.43. The van der Waals surface area contributed by atoms with Gasteiger partial charge in [-0.2, -0.15) is 0 Å². The Hall–Kier alpha value is -2.57. The second kappa shape index (κ2) is 7.13. The molecule has 1 atom stereocenters. The molecule has 124 valence electrons. The van der Waals surface area contributed by atoms with Crippen molar-refractivity contribution in [2.45, 2.75) is 32.4 Å². The lowest BCUT2D eigenvalue weighted by Gasteiger charge is -2.23. The molecule has 0 bridgehead atoms. The molecule has 7 heteroatoms. The van der Waals surface area contributed by atoms with Crippen LogP contribution in [0, 0.1) is 0 Å². The summed E-state index contributed by atoms with van der Waals surface area (Å²) < 4.78 is 5.23. The Balaban J connectivity index is 1.99. The second-order valence-electron chi connectivity index (χ2n) is 6.20. The highest BCUT2D eigenvalue weighted by Gasteiger charge is 2.21. The summed E-state index contributed by atoms with van der Waals surface area (Å²) in [6.07, 6.45) is -0.488. The van der Waals surface area contributed by atoms with Crippen molar-refractivity contribution in [1.29, 1.82) is 0 Å². The fraction of sp³-hybridized carbons (Fsp3) is 0.438. The average Bonchev–Trinajstić information content (AvgIpc) is 2.88. The highest BCUT2D eigenvalue weighted by molar-refractivity contribution is 6.03. The number of hydrogen-bond acceptors (Lipinski definition) is 5. The third kappa shape index (κ3) is 5.61. The van der Waals surface area contributed by atoms with Crippen LogP contribution < -0.4 is 16.0 Å². The van der Waals surface area contributed by atoms with Gasteiger partial charge in [0, 0.05) is 6.54 Å². The molecule has 1 aromatic carbocycles. The first-order valence-corrected chi connectivity index (χ1v) is 7.46. The van der Waals surface area contributed by atoms with E-state index in [1.807, 2.05) is 51.1 Å². The molecule has 23 heavy (non-hydrogen) atoms. The van der Waals surface area contributed by atoms with E-state index in [-0.39, 0.29) is 18.5 Å². The van der Waals surface area contributed by atoms with Gasteiger partial charge in [0.15, 0.2) is 5.96 Å². The van der Waals surface area contributed by atoms with Gasteiger partial charge in [-0.05, 0) is 26.3 Å². The van der Waals surface area contributed by atoms with Gasteiger partial charge in [0.1, 0.15) is 12.1 Å². The summed E-state index contributed by atoms with van der Waals surface area (Å²) in [4.78, 5) is 27.1. The van der Waals surface area contributed by atoms with Crippen LogP contribution in [-0.4, -0.2) is 36.7 Å². The highest BCUT2D eigenvalue weighted by Crippen LogP contribution is 2.13. The number of guanidine groups is 1. The summed E-state index contributed by atoms with van der Waals surface area (Å²) >= 11 is 0. The summed E-state index contributed by atoms with van der Waals surface area (Å²) in [5, 5.41) is 8.50. The lowest BCUT2D eigenvalue weighted by atomic mass is 10.1. The molecule has 0 aromatic heterocycles. The number of benzene rings is 1. The van der Waals surface area contributed by atoms with E-state index in [1.54, 1.807) is 0 Å². The van der Waals surface area contributed by atoms with E-state index < -0.39 is 11.7 Å². The van der Waals surface area contributed by atoms with Crippen LogP contribution in [0.4, 0.5) is 4.79 Å². The van der Waals surface area contributed by atoms with Crippen LogP contribution >= 0.6 is 0 Å². The van der Waals surface area contributed by atoms with Crippen LogP contribution in [0.3, 0.4) is 0 Å². The first-order valence-electron chi connectivity index (χ1n) is 7.46. The molecule has 0 aliphatic carbocycles. The first-order chi connectivity index (χ1) is 10.8. The normalized spacial score (nSPS) is 15.4. The van der Waals surface area contributed by atoms with E-state index in [1.165, 1.54) is 0 Å². The molecule has 1 aromatic rings. The third-order valence-electron chi connectivity index (χ3n) is 3.00. The second-order valence-corrected chi connectivity index (χ2v) is 6.20. The molecule has 3 N–H and O–H groups in total. The molecule has 0 saturated heterocycles. The number of nitrogens with zero attached hydrogens (tertiary/aromatic N) is 1. The van der Waals surface area contributed by atoms with Crippen LogP contribution in [0.25, 0.3) is 0 Å². The molecule has 2 rings (SSSR count). The van der Waals surface area contributed by atoms with Crippen molar-refractivity contribution in [2.75, 3.05) is 13.1 Å². The number of ether oxygens (including phenoxy) is 1. The number of rotatable bonds is 4. The molecule has 2 amide bonds. The molecule has 0 unspecified atom stereocenters. The minimum absolute atomic E-state index is 0.114. The third-order valence-corrected chi connectivity index (χ3v) is 3.00. The summed E-state index contributed by atoms with van der Waals surface area (Å²) in [7, 11) is 0. The van der Waals surface area contributed by atoms with Crippen molar-refractivity contribution in [3.63, 3.8) is 0 Å². The summed E-state index contributed by atoms with van der Waals surface area (Å²) in [6, 6.07) is 9.37. The van der Waals surface area contributed by atoms with E-state index in [2.05, 4.69) is 20.9 Å². The number of amides is 2. The van der Waals surface area contributed by atoms with Gasteiger partial charge in [-0.1, -0.05) is 30.3 Å². The summed E-state index contributed by atoms with van der Waals surface area (Å²) in [5.74, 6) is 0.259. The number of nitrogens with one attached hydrogen (secondary N) is 3. The van der Waals surface area contributed by atoms with Gasteiger partial charge in [0.05, 0.1) is 6.04 Å². The molecule has 0 radical (unpaired) electrons. The van der Waals surface area contributed by atoms with Crippen LogP contribution in [-0.2, 0) is 9.53 Å². The first kappa shape index (κ1) is 16.8. The maximum absolute atomic E-state index is 11.8. The topological polar surface area (TPSA) is 91.8 Å². The van der Waals surface area contributed by atoms with Crippen LogP contribution in [0.15, 0.2) is 35.3 Å². The highest BCUT2D eigenvalue weighted by atomic mass is 16.6. The smallest absolute Gasteiger partial charge is 0.407 e. The van der Waals surface area contributed by atoms with Gasteiger partial charge in [-0.3, -0.25) is 10.1 Å². The fourth-order valence-electron chi connectivity index (χ4n) is 2.05. The zero-order valence-corrected chi connectivity index (χ0v) is 13.6. The quantitative estimate of drug-likeness (QED) is 0.781. The Kier molecular flexibility index (Phi) is 5.20. The van der Waals surface area contributed by atoms with E-state index in [4.69, 9.17) is 4.74 Å². The number of hydrogen-bond donors (Lipinski definition) is 3. The Morgan fingerprint density at radius 3 is 2.61 bits per heavy atom. The van der Waals surface area contributed by atoms with Crippen LogP contribution in [0.5, 0.6) is 0 Å². The molecule has 0 spiro atoms. The standard InChI is InChI=1S/C16H22N4O3/c1-16(2,3)23-15(22)18-9-12(11-7-5-4-6-8-11)19-14-17-10-13(21)20-14/h4-8,12H,9-10H2,1-3H3,(H,18,22)(H2,17,19,20,21)/t12-/m1/s1. The predicted molar refractivity (Wildman–Crippen MR) is 87.0 cm³/mol. The van der Waals surface area contributed by atoms with Gasteiger partial charge in [-0.25, -0.2) is 9.79 Å². The van der Waals surface area contributed by atoms with Gasteiger partial charge >= 0.3 is 6.09 Å².